The number of hydrogen-bond acceptors (Lipinski definition) is 4. The third-order valence-electron chi connectivity index (χ3n) is 4.88. The highest BCUT2D eigenvalue weighted by Gasteiger charge is 2.26. The first-order chi connectivity index (χ1) is 13.6. The van der Waals surface area contributed by atoms with Gasteiger partial charge in [0.2, 0.25) is 0 Å². The number of pyridine rings is 1. The molecule has 0 saturated carbocycles. The third kappa shape index (κ3) is 4.66. The number of rotatable bonds is 4. The van der Waals surface area contributed by atoms with E-state index in [1.165, 1.54) is 16.2 Å². The number of hydrogen-bond donors (Lipinski definition) is 2. The van der Waals surface area contributed by atoms with E-state index in [0.717, 1.165) is 42.5 Å². The van der Waals surface area contributed by atoms with Crippen LogP contribution in [-0.2, 0) is 12.8 Å². The van der Waals surface area contributed by atoms with Gasteiger partial charge in [0.15, 0.2) is 0 Å². The van der Waals surface area contributed by atoms with E-state index in [9.17, 15) is 9.59 Å². The van der Waals surface area contributed by atoms with Crippen LogP contribution in [0.1, 0.15) is 49.6 Å². The van der Waals surface area contributed by atoms with E-state index in [2.05, 4.69) is 15.6 Å². The largest absolute Gasteiger partial charge is 0.322 e. The molecule has 0 atom stereocenters. The molecule has 0 bridgehead atoms. The maximum atomic E-state index is 13.1. The highest BCUT2D eigenvalue weighted by Crippen LogP contribution is 2.38. The minimum absolute atomic E-state index is 0. The van der Waals surface area contributed by atoms with Crippen LogP contribution in [0.5, 0.6) is 0 Å². The van der Waals surface area contributed by atoms with Crippen molar-refractivity contribution in [2.45, 2.75) is 32.6 Å². The lowest BCUT2D eigenvalue weighted by molar-refractivity contribution is 0.102. The third-order valence-corrected chi connectivity index (χ3v) is 6.08. The van der Waals surface area contributed by atoms with Crippen LogP contribution in [0.4, 0.5) is 10.7 Å². The number of anilines is 2. The lowest BCUT2D eigenvalue weighted by Crippen LogP contribution is -2.18. The fourth-order valence-electron chi connectivity index (χ4n) is 3.40. The van der Waals surface area contributed by atoms with Crippen LogP contribution in [0.15, 0.2) is 48.8 Å². The van der Waals surface area contributed by atoms with Gasteiger partial charge in [-0.25, -0.2) is 0 Å². The molecule has 2 aromatic heterocycles. The Kier molecular flexibility index (Phi) is 6.67. The minimum atomic E-state index is -0.231. The van der Waals surface area contributed by atoms with Crippen molar-refractivity contribution in [3.63, 3.8) is 0 Å². The average molecular weight is 428 g/mol. The monoisotopic (exact) mass is 427 g/mol. The summed E-state index contributed by atoms with van der Waals surface area (Å²) >= 11 is 1.52. The molecule has 0 saturated heterocycles. The van der Waals surface area contributed by atoms with Crippen molar-refractivity contribution in [2.24, 2.45) is 0 Å². The number of amides is 2. The normalized spacial score (nSPS) is 12.4. The maximum Gasteiger partial charge on any atom is 0.258 e. The second kappa shape index (κ2) is 9.20. The van der Waals surface area contributed by atoms with Gasteiger partial charge in [-0.1, -0.05) is 17.7 Å². The zero-order valence-corrected chi connectivity index (χ0v) is 17.7. The molecule has 4 rings (SSSR count). The fraction of sp³-hybridized carbons (Fsp3) is 0.227. The molecule has 1 aromatic carbocycles. The molecule has 2 heterocycles. The Hall–Kier alpha value is -2.70. The van der Waals surface area contributed by atoms with Crippen molar-refractivity contribution in [1.29, 1.82) is 0 Å². The van der Waals surface area contributed by atoms with E-state index in [4.69, 9.17) is 0 Å². The smallest absolute Gasteiger partial charge is 0.258 e. The van der Waals surface area contributed by atoms with E-state index in [1.807, 2.05) is 31.2 Å². The topological polar surface area (TPSA) is 71.1 Å². The molecule has 0 unspecified atom stereocenters. The summed E-state index contributed by atoms with van der Waals surface area (Å²) in [4.78, 5) is 30.9. The number of benzene rings is 1. The number of thiophene rings is 1. The Morgan fingerprint density at radius 2 is 1.62 bits per heavy atom. The summed E-state index contributed by atoms with van der Waals surface area (Å²) in [6, 6.07) is 11.0. The van der Waals surface area contributed by atoms with Crippen LogP contribution < -0.4 is 10.6 Å². The molecule has 1 aliphatic rings. The molecule has 7 heteroatoms. The zero-order chi connectivity index (χ0) is 19.5. The number of carbonyl (C=O) groups excluding carboxylic acids is 2. The van der Waals surface area contributed by atoms with E-state index < -0.39 is 0 Å². The van der Waals surface area contributed by atoms with Gasteiger partial charge in [0.25, 0.3) is 11.8 Å². The predicted octanol–water partition coefficient (Wildman–Crippen LogP) is 5.26. The van der Waals surface area contributed by atoms with Crippen molar-refractivity contribution >= 4 is 46.2 Å². The molecule has 5 nitrogen and oxygen atoms in total. The van der Waals surface area contributed by atoms with Crippen LogP contribution in [0.25, 0.3) is 0 Å². The van der Waals surface area contributed by atoms with Crippen LogP contribution in [-0.4, -0.2) is 16.8 Å². The van der Waals surface area contributed by atoms with Crippen LogP contribution in [0.2, 0.25) is 0 Å². The molecule has 29 heavy (non-hydrogen) atoms. The molecule has 2 N–H and O–H groups in total. The number of carbonyl (C=O) groups is 2. The highest BCUT2D eigenvalue weighted by atomic mass is 35.5. The molecule has 3 aromatic rings. The van der Waals surface area contributed by atoms with Gasteiger partial charge in [0.05, 0.1) is 5.56 Å². The summed E-state index contributed by atoms with van der Waals surface area (Å²) in [5.41, 5.74) is 4.08. The molecule has 2 amide bonds. The molecular weight excluding hydrogens is 406 g/mol. The van der Waals surface area contributed by atoms with Crippen LogP contribution in [0.3, 0.4) is 0 Å². The van der Waals surface area contributed by atoms with E-state index >= 15 is 0 Å². The van der Waals surface area contributed by atoms with Crippen molar-refractivity contribution < 1.29 is 9.59 Å². The van der Waals surface area contributed by atoms with Gasteiger partial charge in [-0.2, -0.15) is 0 Å². The molecule has 150 valence electrons. The standard InChI is InChI=1S/C22H21N3O2S.ClH/c1-14-6-8-16(9-7-14)24-21(27)19-17-4-2-3-5-18(17)28-22(19)25-20(26)15-10-12-23-13-11-15;/h6-13H,2-5H2,1H3,(H,24,27)(H,25,26);1H. The molecule has 0 radical (unpaired) electrons. The van der Waals surface area contributed by atoms with Gasteiger partial charge >= 0.3 is 0 Å². The number of aromatic nitrogens is 1. The number of nitrogens with zero attached hydrogens (tertiary/aromatic N) is 1. The van der Waals surface area contributed by atoms with Gasteiger partial charge in [-0.05, 0) is 62.4 Å². The molecule has 1 aliphatic carbocycles. The molecule has 0 fully saturated rings. The first-order valence-electron chi connectivity index (χ1n) is 9.36. The predicted molar refractivity (Wildman–Crippen MR) is 120 cm³/mol. The number of nitrogens with one attached hydrogen (secondary N) is 2. The SMILES string of the molecule is Cc1ccc(NC(=O)c2c(NC(=O)c3ccncc3)sc3c2CCCC3)cc1.Cl. The van der Waals surface area contributed by atoms with Crippen LogP contribution >= 0.6 is 23.7 Å². The van der Waals surface area contributed by atoms with Gasteiger partial charge in [-0.3, -0.25) is 14.6 Å². The van der Waals surface area contributed by atoms with Gasteiger partial charge in [0, 0.05) is 28.5 Å². The van der Waals surface area contributed by atoms with E-state index in [-0.39, 0.29) is 24.2 Å². The zero-order valence-electron chi connectivity index (χ0n) is 16.0. The minimum Gasteiger partial charge on any atom is -0.322 e. The Morgan fingerprint density at radius 3 is 2.34 bits per heavy atom. The summed E-state index contributed by atoms with van der Waals surface area (Å²) in [5, 5.41) is 6.56. The Morgan fingerprint density at radius 1 is 0.931 bits per heavy atom. The highest BCUT2D eigenvalue weighted by molar-refractivity contribution is 7.17. The summed E-state index contributed by atoms with van der Waals surface area (Å²) in [7, 11) is 0. The van der Waals surface area contributed by atoms with Crippen LogP contribution in [0, 0.1) is 6.92 Å². The van der Waals surface area contributed by atoms with Crippen molar-refractivity contribution in [1.82, 2.24) is 4.98 Å². The lowest BCUT2D eigenvalue weighted by Gasteiger charge is -2.13. The fourth-order valence-corrected chi connectivity index (χ4v) is 4.69. The second-order valence-corrected chi connectivity index (χ2v) is 8.03. The maximum absolute atomic E-state index is 13.1. The van der Waals surface area contributed by atoms with Crippen molar-refractivity contribution in [3.05, 3.63) is 75.9 Å². The summed E-state index contributed by atoms with van der Waals surface area (Å²) in [5.74, 6) is -0.404. The quantitative estimate of drug-likeness (QED) is 0.596. The Balaban J connectivity index is 0.00000240. The van der Waals surface area contributed by atoms with E-state index in [0.29, 0.717) is 16.1 Å². The molecular formula is C22H22ClN3O2S. The van der Waals surface area contributed by atoms with Gasteiger partial charge < -0.3 is 10.6 Å². The number of aryl methyl sites for hydroxylation is 2. The Bertz CT molecular complexity index is 1020. The average Bonchev–Trinajstić information content (AvgIpc) is 3.08. The summed E-state index contributed by atoms with van der Waals surface area (Å²) in [6.07, 6.45) is 7.17. The summed E-state index contributed by atoms with van der Waals surface area (Å²) in [6.45, 7) is 2.01. The first kappa shape index (κ1) is 21.0. The van der Waals surface area contributed by atoms with Crippen molar-refractivity contribution in [2.75, 3.05) is 10.6 Å². The molecule has 0 aliphatic heterocycles. The number of halogens is 1. The van der Waals surface area contributed by atoms with Gasteiger partial charge in [-0.15, -0.1) is 23.7 Å². The van der Waals surface area contributed by atoms with Crippen molar-refractivity contribution in [3.8, 4) is 0 Å². The number of fused-ring (bicyclic) bond motifs is 1. The lowest BCUT2D eigenvalue weighted by atomic mass is 9.95. The second-order valence-electron chi connectivity index (χ2n) is 6.93. The summed E-state index contributed by atoms with van der Waals surface area (Å²) < 4.78 is 0. The Labute approximate surface area is 180 Å². The molecule has 0 spiro atoms. The first-order valence-corrected chi connectivity index (χ1v) is 10.2. The van der Waals surface area contributed by atoms with E-state index in [1.54, 1.807) is 24.5 Å². The van der Waals surface area contributed by atoms with Gasteiger partial charge in [0.1, 0.15) is 5.00 Å².